The van der Waals surface area contributed by atoms with Gasteiger partial charge in [0, 0.05) is 5.56 Å². The van der Waals surface area contributed by atoms with Crippen LogP contribution in [0, 0.1) is 0 Å². The number of thiol groups is 1. The Balaban J connectivity index is 2.47. The lowest BCUT2D eigenvalue weighted by Gasteiger charge is -1.98. The summed E-state index contributed by atoms with van der Waals surface area (Å²) in [4.78, 5) is 0. The summed E-state index contributed by atoms with van der Waals surface area (Å²) in [6.45, 7) is 0. The number of phenols is 2. The molecule has 1 aromatic carbocycles. The quantitative estimate of drug-likeness (QED) is 0.513. The van der Waals surface area contributed by atoms with Crippen molar-refractivity contribution in [2.75, 3.05) is 0 Å². The van der Waals surface area contributed by atoms with Gasteiger partial charge in [0.2, 0.25) is 0 Å². The minimum absolute atomic E-state index is 0.149. The van der Waals surface area contributed by atoms with E-state index >= 15 is 0 Å². The third-order valence-corrected chi connectivity index (χ3v) is 2.77. The number of nitrogens with zero attached hydrogens (tertiary/aromatic N) is 2. The second-order valence-electron chi connectivity index (χ2n) is 2.59. The van der Waals surface area contributed by atoms with Crippen LogP contribution in [0.25, 0.3) is 10.6 Å². The van der Waals surface area contributed by atoms with E-state index in [2.05, 4.69) is 22.8 Å². The number of aromatic hydroxyl groups is 2. The Morgan fingerprint density at radius 3 is 2.50 bits per heavy atom. The standard InChI is InChI=1S/C8H6N2O2S2/c11-5-2-1-4(3-6(5)12)7-9-10-8(13)14-7/h1-3,11-12H,(H,10,13). The average molecular weight is 226 g/mol. The first-order valence-corrected chi connectivity index (χ1v) is 4.98. The molecule has 4 nitrogen and oxygen atoms in total. The molecule has 0 fully saturated rings. The number of hydrogen-bond donors (Lipinski definition) is 3. The topological polar surface area (TPSA) is 66.2 Å². The van der Waals surface area contributed by atoms with Crippen LogP contribution in [0.2, 0.25) is 0 Å². The third kappa shape index (κ3) is 1.66. The fraction of sp³-hybridized carbons (Fsp3) is 0. The lowest BCUT2D eigenvalue weighted by Crippen LogP contribution is -1.76. The van der Waals surface area contributed by atoms with Crippen molar-refractivity contribution in [1.82, 2.24) is 10.2 Å². The van der Waals surface area contributed by atoms with Crippen molar-refractivity contribution in [3.05, 3.63) is 18.2 Å². The molecule has 0 bridgehead atoms. The molecule has 1 heterocycles. The van der Waals surface area contributed by atoms with Crippen LogP contribution in [-0.4, -0.2) is 20.4 Å². The zero-order valence-corrected chi connectivity index (χ0v) is 8.59. The smallest absolute Gasteiger partial charge is 0.171 e. The summed E-state index contributed by atoms with van der Waals surface area (Å²) in [7, 11) is 0. The maximum atomic E-state index is 9.26. The number of aromatic nitrogens is 2. The van der Waals surface area contributed by atoms with Crippen LogP contribution >= 0.6 is 24.0 Å². The molecule has 0 aliphatic rings. The Bertz CT molecular complexity index is 470. The van der Waals surface area contributed by atoms with Gasteiger partial charge in [-0.3, -0.25) is 0 Å². The number of benzene rings is 1. The van der Waals surface area contributed by atoms with Gasteiger partial charge in [-0.05, 0) is 18.2 Å². The molecule has 0 saturated carbocycles. The number of rotatable bonds is 1. The molecule has 6 heteroatoms. The van der Waals surface area contributed by atoms with E-state index in [1.807, 2.05) is 0 Å². The lowest BCUT2D eigenvalue weighted by atomic mass is 10.2. The Hall–Kier alpha value is -1.27. The van der Waals surface area contributed by atoms with Gasteiger partial charge in [0.25, 0.3) is 0 Å². The molecule has 72 valence electrons. The van der Waals surface area contributed by atoms with Gasteiger partial charge >= 0.3 is 0 Å². The number of hydrogen-bond acceptors (Lipinski definition) is 6. The molecule has 2 N–H and O–H groups in total. The highest BCUT2D eigenvalue weighted by Gasteiger charge is 2.07. The normalized spacial score (nSPS) is 10.4. The van der Waals surface area contributed by atoms with E-state index in [0.717, 1.165) is 0 Å². The Kier molecular flexibility index (Phi) is 2.30. The highest BCUT2D eigenvalue weighted by atomic mass is 32.2. The summed E-state index contributed by atoms with van der Waals surface area (Å²) in [6.07, 6.45) is 0. The van der Waals surface area contributed by atoms with Gasteiger partial charge in [0.1, 0.15) is 5.01 Å². The van der Waals surface area contributed by atoms with Crippen LogP contribution in [0.5, 0.6) is 11.5 Å². The Labute approximate surface area is 89.3 Å². The minimum Gasteiger partial charge on any atom is -0.504 e. The number of phenolic OH excluding ortho intramolecular Hbond substituents is 2. The summed E-state index contributed by atoms with van der Waals surface area (Å²) in [5.41, 5.74) is 0.707. The van der Waals surface area contributed by atoms with Gasteiger partial charge in [-0.1, -0.05) is 11.3 Å². The molecule has 0 radical (unpaired) electrons. The van der Waals surface area contributed by atoms with Gasteiger partial charge < -0.3 is 10.2 Å². The second-order valence-corrected chi connectivity index (χ2v) is 4.30. The molecule has 0 aliphatic heterocycles. The van der Waals surface area contributed by atoms with Gasteiger partial charge in [-0.25, -0.2) is 0 Å². The largest absolute Gasteiger partial charge is 0.504 e. The highest BCUT2D eigenvalue weighted by molar-refractivity contribution is 7.82. The van der Waals surface area contributed by atoms with Gasteiger partial charge in [0.05, 0.1) is 0 Å². The fourth-order valence-corrected chi connectivity index (χ4v) is 1.87. The van der Waals surface area contributed by atoms with E-state index in [0.29, 0.717) is 14.9 Å². The van der Waals surface area contributed by atoms with Gasteiger partial charge in [0.15, 0.2) is 15.8 Å². The van der Waals surface area contributed by atoms with Crippen molar-refractivity contribution < 1.29 is 10.2 Å². The van der Waals surface area contributed by atoms with Gasteiger partial charge in [-0.15, -0.1) is 22.8 Å². The molecule has 0 spiro atoms. The molecular weight excluding hydrogens is 220 g/mol. The zero-order chi connectivity index (χ0) is 10.1. The van der Waals surface area contributed by atoms with E-state index in [9.17, 15) is 5.11 Å². The SMILES string of the molecule is Oc1ccc(-c2nnc(S)s2)cc1O. The van der Waals surface area contributed by atoms with Gasteiger partial charge in [-0.2, -0.15) is 0 Å². The molecule has 1 aromatic heterocycles. The van der Waals surface area contributed by atoms with Crippen molar-refractivity contribution in [1.29, 1.82) is 0 Å². The molecular formula is C8H6N2O2S2. The summed E-state index contributed by atoms with van der Waals surface area (Å²) in [6, 6.07) is 4.50. The first kappa shape index (κ1) is 9.29. The molecule has 0 atom stereocenters. The Morgan fingerprint density at radius 1 is 1.14 bits per heavy atom. The zero-order valence-electron chi connectivity index (χ0n) is 6.88. The third-order valence-electron chi connectivity index (χ3n) is 1.64. The Morgan fingerprint density at radius 2 is 1.93 bits per heavy atom. The van der Waals surface area contributed by atoms with Crippen LogP contribution in [0.3, 0.4) is 0 Å². The van der Waals surface area contributed by atoms with E-state index in [4.69, 9.17) is 5.11 Å². The van der Waals surface area contributed by atoms with E-state index in [1.165, 1.54) is 23.5 Å². The summed E-state index contributed by atoms with van der Waals surface area (Å²) >= 11 is 5.34. The van der Waals surface area contributed by atoms with E-state index in [1.54, 1.807) is 6.07 Å². The van der Waals surface area contributed by atoms with E-state index < -0.39 is 0 Å². The van der Waals surface area contributed by atoms with Crippen LogP contribution in [0.1, 0.15) is 0 Å². The second kappa shape index (κ2) is 3.47. The van der Waals surface area contributed by atoms with Crippen molar-refractivity contribution >= 4 is 24.0 Å². The highest BCUT2D eigenvalue weighted by Crippen LogP contribution is 2.32. The maximum absolute atomic E-state index is 9.26. The lowest BCUT2D eigenvalue weighted by molar-refractivity contribution is 0.404. The molecule has 0 saturated heterocycles. The maximum Gasteiger partial charge on any atom is 0.171 e. The van der Waals surface area contributed by atoms with E-state index in [-0.39, 0.29) is 11.5 Å². The summed E-state index contributed by atoms with van der Waals surface area (Å²) in [5.74, 6) is -0.317. The van der Waals surface area contributed by atoms with Crippen LogP contribution in [-0.2, 0) is 0 Å². The van der Waals surface area contributed by atoms with Crippen molar-refractivity contribution in [2.45, 2.75) is 4.34 Å². The average Bonchev–Trinajstić information content (AvgIpc) is 2.57. The summed E-state index contributed by atoms with van der Waals surface area (Å²) < 4.78 is 0.563. The minimum atomic E-state index is -0.168. The molecule has 2 rings (SSSR count). The predicted octanol–water partition coefficient (Wildman–Crippen LogP) is 1.90. The molecule has 14 heavy (non-hydrogen) atoms. The summed E-state index contributed by atoms with van der Waals surface area (Å²) in [5, 5.41) is 26.6. The van der Waals surface area contributed by atoms with Crippen molar-refractivity contribution in [3.63, 3.8) is 0 Å². The molecule has 2 aromatic rings. The van der Waals surface area contributed by atoms with Crippen LogP contribution in [0.4, 0.5) is 0 Å². The van der Waals surface area contributed by atoms with Crippen LogP contribution < -0.4 is 0 Å². The van der Waals surface area contributed by atoms with Crippen molar-refractivity contribution in [2.24, 2.45) is 0 Å². The first-order chi connectivity index (χ1) is 6.66. The molecule has 0 unspecified atom stereocenters. The van der Waals surface area contributed by atoms with Crippen molar-refractivity contribution in [3.8, 4) is 22.1 Å². The predicted molar refractivity (Wildman–Crippen MR) is 55.9 cm³/mol. The first-order valence-electron chi connectivity index (χ1n) is 3.71. The molecule has 0 aliphatic carbocycles. The molecule has 0 amide bonds. The fourth-order valence-electron chi connectivity index (χ4n) is 0.989. The monoisotopic (exact) mass is 226 g/mol. The van der Waals surface area contributed by atoms with Crippen LogP contribution in [0.15, 0.2) is 22.5 Å².